The van der Waals surface area contributed by atoms with E-state index in [1.54, 1.807) is 16.8 Å². The van der Waals surface area contributed by atoms with Gasteiger partial charge in [0.15, 0.2) is 0 Å². The molecule has 0 bridgehead atoms. The summed E-state index contributed by atoms with van der Waals surface area (Å²) in [6.07, 6.45) is 1.92. The van der Waals surface area contributed by atoms with Crippen LogP contribution in [0.15, 0.2) is 0 Å². The lowest BCUT2D eigenvalue weighted by molar-refractivity contribution is -0.132. The van der Waals surface area contributed by atoms with Gasteiger partial charge in [0, 0.05) is 53.1 Å². The van der Waals surface area contributed by atoms with E-state index in [9.17, 15) is 9.59 Å². The van der Waals surface area contributed by atoms with Gasteiger partial charge in [-0.3, -0.25) is 14.5 Å². The number of nitrogens with two attached hydrogens (primary N) is 1. The zero-order valence-electron chi connectivity index (χ0n) is 12.3. The summed E-state index contributed by atoms with van der Waals surface area (Å²) in [5.74, 6) is 0.183. The molecule has 0 radical (unpaired) electrons. The maximum absolute atomic E-state index is 11.9. The smallest absolute Gasteiger partial charge is 0.236 e. The number of hydrogen-bond acceptors (Lipinski definition) is 4. The Morgan fingerprint density at radius 1 is 1.40 bits per heavy atom. The molecule has 0 aromatic carbocycles. The molecule has 1 rings (SSSR count). The minimum absolute atomic E-state index is 0.0614. The van der Waals surface area contributed by atoms with E-state index in [4.69, 9.17) is 18.0 Å². The monoisotopic (exact) mass is 300 g/mol. The molecular weight excluding hydrogens is 276 g/mol. The Hall–Kier alpha value is -1.21. The molecule has 0 aromatic rings. The number of carbonyl (C=O) groups excluding carboxylic acids is 2. The average Bonchev–Trinajstić information content (AvgIpc) is 2.55. The summed E-state index contributed by atoms with van der Waals surface area (Å²) in [4.78, 5) is 29.5. The van der Waals surface area contributed by atoms with E-state index in [1.807, 2.05) is 11.9 Å². The topological polar surface area (TPSA) is 69.9 Å². The van der Waals surface area contributed by atoms with Crippen LogP contribution in [0.3, 0.4) is 0 Å². The first kappa shape index (κ1) is 16.8. The predicted molar refractivity (Wildman–Crippen MR) is 82.4 cm³/mol. The van der Waals surface area contributed by atoms with Gasteiger partial charge >= 0.3 is 0 Å². The van der Waals surface area contributed by atoms with Gasteiger partial charge in [-0.25, -0.2) is 0 Å². The van der Waals surface area contributed by atoms with Gasteiger partial charge in [-0.05, 0) is 6.42 Å². The molecule has 0 unspecified atom stereocenters. The van der Waals surface area contributed by atoms with Crippen molar-refractivity contribution >= 4 is 29.0 Å². The fraction of sp³-hybridized carbons (Fsp3) is 0.769. The maximum atomic E-state index is 11.9. The molecule has 1 aliphatic rings. The quantitative estimate of drug-likeness (QED) is 0.681. The molecular formula is C13H24N4O2S. The predicted octanol–water partition coefficient (Wildman–Crippen LogP) is -0.325. The van der Waals surface area contributed by atoms with Crippen molar-refractivity contribution in [2.45, 2.75) is 19.3 Å². The van der Waals surface area contributed by atoms with Gasteiger partial charge in [0.2, 0.25) is 11.8 Å². The van der Waals surface area contributed by atoms with Crippen molar-refractivity contribution in [1.29, 1.82) is 0 Å². The lowest BCUT2D eigenvalue weighted by Gasteiger charge is -2.21. The number of nitrogens with zero attached hydrogens (tertiary/aromatic N) is 3. The first-order valence-electron chi connectivity index (χ1n) is 6.88. The van der Waals surface area contributed by atoms with Gasteiger partial charge in [0.1, 0.15) is 0 Å². The van der Waals surface area contributed by atoms with Crippen molar-refractivity contribution in [2.24, 2.45) is 5.73 Å². The van der Waals surface area contributed by atoms with Crippen LogP contribution in [0.5, 0.6) is 0 Å². The second kappa shape index (κ2) is 8.16. The number of likely N-dealkylation sites (N-methyl/N-ethyl adjacent to an activating group) is 1. The van der Waals surface area contributed by atoms with Crippen LogP contribution in [0.4, 0.5) is 0 Å². The highest BCUT2D eigenvalue weighted by atomic mass is 32.1. The van der Waals surface area contributed by atoms with E-state index >= 15 is 0 Å². The second-order valence-corrected chi connectivity index (χ2v) is 5.75. The van der Waals surface area contributed by atoms with E-state index in [0.29, 0.717) is 37.5 Å². The summed E-state index contributed by atoms with van der Waals surface area (Å²) in [6.45, 7) is 3.23. The Labute approximate surface area is 125 Å². The highest BCUT2D eigenvalue weighted by molar-refractivity contribution is 7.80. The lowest BCUT2D eigenvalue weighted by Crippen LogP contribution is -2.37. The van der Waals surface area contributed by atoms with Gasteiger partial charge in [0.25, 0.3) is 0 Å². The van der Waals surface area contributed by atoms with E-state index in [2.05, 4.69) is 0 Å². The first-order chi connectivity index (χ1) is 9.40. The van der Waals surface area contributed by atoms with E-state index < -0.39 is 0 Å². The molecule has 2 N–H and O–H groups in total. The van der Waals surface area contributed by atoms with Crippen molar-refractivity contribution in [3.63, 3.8) is 0 Å². The number of thiocarbonyl (C=S) groups is 1. The molecule has 0 aliphatic carbocycles. The molecule has 20 heavy (non-hydrogen) atoms. The lowest BCUT2D eigenvalue weighted by atomic mass is 10.3. The Kier molecular flexibility index (Phi) is 6.87. The maximum Gasteiger partial charge on any atom is 0.236 e. The van der Waals surface area contributed by atoms with Crippen molar-refractivity contribution in [1.82, 2.24) is 14.7 Å². The fourth-order valence-corrected chi connectivity index (χ4v) is 2.18. The largest absolute Gasteiger partial charge is 0.393 e. The zero-order chi connectivity index (χ0) is 15.1. The van der Waals surface area contributed by atoms with Gasteiger partial charge in [-0.2, -0.15) is 0 Å². The molecule has 0 aromatic heterocycles. The molecule has 6 nitrogen and oxygen atoms in total. The minimum atomic E-state index is 0.0614. The number of rotatable bonds is 6. The van der Waals surface area contributed by atoms with E-state index in [-0.39, 0.29) is 11.8 Å². The van der Waals surface area contributed by atoms with E-state index in [0.717, 1.165) is 19.5 Å². The Balaban J connectivity index is 2.32. The molecule has 1 heterocycles. The van der Waals surface area contributed by atoms with Crippen LogP contribution in [0.25, 0.3) is 0 Å². The molecule has 2 amide bonds. The minimum Gasteiger partial charge on any atom is -0.393 e. The van der Waals surface area contributed by atoms with Crippen LogP contribution < -0.4 is 5.73 Å². The summed E-state index contributed by atoms with van der Waals surface area (Å²) < 4.78 is 0. The summed E-state index contributed by atoms with van der Waals surface area (Å²) >= 11 is 4.80. The van der Waals surface area contributed by atoms with E-state index in [1.165, 1.54) is 0 Å². The van der Waals surface area contributed by atoms with Crippen LogP contribution in [0, 0.1) is 0 Å². The average molecular weight is 300 g/mol. The summed E-state index contributed by atoms with van der Waals surface area (Å²) in [5, 5.41) is 0. The van der Waals surface area contributed by atoms with Crippen molar-refractivity contribution < 1.29 is 9.59 Å². The van der Waals surface area contributed by atoms with Crippen LogP contribution in [0.2, 0.25) is 0 Å². The molecule has 0 spiro atoms. The van der Waals surface area contributed by atoms with Crippen molar-refractivity contribution in [3.05, 3.63) is 0 Å². The van der Waals surface area contributed by atoms with Crippen molar-refractivity contribution in [3.8, 4) is 0 Å². The number of hydrogen-bond donors (Lipinski definition) is 1. The van der Waals surface area contributed by atoms with Crippen molar-refractivity contribution in [2.75, 3.05) is 46.8 Å². The van der Waals surface area contributed by atoms with Crippen LogP contribution in [-0.4, -0.2) is 78.3 Å². The number of amides is 2. The second-order valence-electron chi connectivity index (χ2n) is 5.23. The molecule has 7 heteroatoms. The Morgan fingerprint density at radius 2 is 2.10 bits per heavy atom. The summed E-state index contributed by atoms with van der Waals surface area (Å²) in [7, 11) is 3.57. The highest BCUT2D eigenvalue weighted by Crippen LogP contribution is 2.04. The summed E-state index contributed by atoms with van der Waals surface area (Å²) in [5.41, 5.74) is 5.42. The molecule has 1 saturated heterocycles. The third kappa shape index (κ3) is 5.83. The molecule has 0 saturated carbocycles. The molecule has 0 atom stereocenters. The van der Waals surface area contributed by atoms with Gasteiger partial charge < -0.3 is 15.5 Å². The third-order valence-electron chi connectivity index (χ3n) is 3.51. The van der Waals surface area contributed by atoms with Gasteiger partial charge in [-0.1, -0.05) is 12.2 Å². The number of carbonyl (C=O) groups is 2. The van der Waals surface area contributed by atoms with Crippen LogP contribution in [0.1, 0.15) is 19.3 Å². The standard InChI is InChI=1S/C13H24N4O2S/c1-15-6-3-7-17(10-13(15)19)9-5-12(18)16(2)8-4-11(14)20/h3-10H2,1-2H3,(H2,14,20). The Bertz CT molecular complexity index is 375. The van der Waals surface area contributed by atoms with Gasteiger partial charge in [-0.15, -0.1) is 0 Å². The first-order valence-corrected chi connectivity index (χ1v) is 7.29. The highest BCUT2D eigenvalue weighted by Gasteiger charge is 2.19. The molecule has 1 aliphatic heterocycles. The SMILES string of the molecule is CN(CCC(N)=S)C(=O)CCN1CCCN(C)C(=O)C1. The molecule has 1 fully saturated rings. The zero-order valence-corrected chi connectivity index (χ0v) is 13.1. The fourth-order valence-electron chi connectivity index (χ4n) is 2.09. The molecule has 114 valence electrons. The Morgan fingerprint density at radius 3 is 2.75 bits per heavy atom. The normalized spacial score (nSPS) is 16.9. The third-order valence-corrected chi connectivity index (χ3v) is 3.72. The summed E-state index contributed by atoms with van der Waals surface area (Å²) in [6, 6.07) is 0. The van der Waals surface area contributed by atoms with Gasteiger partial charge in [0.05, 0.1) is 11.5 Å². The van der Waals surface area contributed by atoms with Crippen LogP contribution >= 0.6 is 12.2 Å². The van der Waals surface area contributed by atoms with Crippen LogP contribution in [-0.2, 0) is 9.59 Å².